The summed E-state index contributed by atoms with van der Waals surface area (Å²) in [5.41, 5.74) is -3.26. The Labute approximate surface area is 112 Å². The molecule has 20 heavy (non-hydrogen) atoms. The van der Waals surface area contributed by atoms with E-state index in [1.807, 2.05) is 0 Å². The first-order valence-corrected chi connectivity index (χ1v) is 5.94. The second-order valence-electron chi connectivity index (χ2n) is 4.67. The molecule has 5 N–H and O–H groups in total. The number of carbonyl (C=O) groups is 2. The summed E-state index contributed by atoms with van der Waals surface area (Å²) in [6.07, 6.45) is -6.53. The Morgan fingerprint density at radius 3 is 2.70 bits per heavy atom. The number of nitrogens with zero attached hydrogens (tertiary/aromatic N) is 1. The van der Waals surface area contributed by atoms with Crippen molar-refractivity contribution < 1.29 is 39.1 Å². The third kappa shape index (κ3) is 2.10. The number of rotatable bonds is 3. The summed E-state index contributed by atoms with van der Waals surface area (Å²) in [5.74, 6) is -2.00. The van der Waals surface area contributed by atoms with Crippen molar-refractivity contribution in [1.29, 1.82) is 0 Å². The Morgan fingerprint density at radius 2 is 2.20 bits per heavy atom. The number of ether oxygens (including phenoxy) is 1. The fraction of sp³-hybridized carbons (Fsp3) is 0.800. The summed E-state index contributed by atoms with van der Waals surface area (Å²) >= 11 is 0. The van der Waals surface area contributed by atoms with Gasteiger partial charge in [0.05, 0.1) is 6.61 Å². The highest BCUT2D eigenvalue weighted by Crippen LogP contribution is 2.37. The molecule has 0 aliphatic carbocycles. The zero-order chi connectivity index (χ0) is 15.1. The second-order valence-corrected chi connectivity index (χ2v) is 4.67. The minimum atomic E-state index is -3.26. The van der Waals surface area contributed by atoms with Crippen molar-refractivity contribution >= 4 is 12.0 Å². The smallest absolute Gasteiger partial charge is 0.349 e. The highest BCUT2D eigenvalue weighted by atomic mass is 19.1. The van der Waals surface area contributed by atoms with E-state index in [0.29, 0.717) is 0 Å². The molecule has 0 aromatic rings. The van der Waals surface area contributed by atoms with Gasteiger partial charge in [-0.15, -0.1) is 0 Å². The zero-order valence-electron chi connectivity index (χ0n) is 10.3. The maximum Gasteiger partial charge on any atom is 0.349 e. The lowest BCUT2D eigenvalue weighted by molar-refractivity contribution is -0.168. The Morgan fingerprint density at radius 1 is 1.55 bits per heavy atom. The lowest BCUT2D eigenvalue weighted by Crippen LogP contribution is -2.63. The first-order valence-electron chi connectivity index (χ1n) is 5.94. The number of urea groups is 1. The normalized spacial score (nSPS) is 41.6. The molecule has 9 nitrogen and oxygen atoms in total. The van der Waals surface area contributed by atoms with Gasteiger partial charge in [-0.1, -0.05) is 0 Å². The predicted molar refractivity (Wildman–Crippen MR) is 59.1 cm³/mol. The van der Waals surface area contributed by atoms with Crippen LogP contribution in [0.5, 0.6) is 0 Å². The molecule has 0 aromatic carbocycles. The maximum atomic E-state index is 14.6. The third-order valence-corrected chi connectivity index (χ3v) is 3.43. The van der Waals surface area contributed by atoms with Gasteiger partial charge in [0, 0.05) is 13.0 Å². The predicted octanol–water partition coefficient (Wildman–Crippen LogP) is -2.41. The molecule has 2 rings (SSSR count). The highest BCUT2D eigenvalue weighted by Gasteiger charge is 2.65. The van der Waals surface area contributed by atoms with Gasteiger partial charge >= 0.3 is 12.0 Å². The molecular formula is C10H15FN2O7. The van der Waals surface area contributed by atoms with Crippen LogP contribution in [0, 0.1) is 0 Å². The minimum absolute atomic E-state index is 0.0428. The van der Waals surface area contributed by atoms with E-state index in [1.54, 1.807) is 0 Å². The minimum Gasteiger partial charge on any atom is -0.479 e. The molecule has 1 unspecified atom stereocenters. The fourth-order valence-electron chi connectivity index (χ4n) is 2.32. The van der Waals surface area contributed by atoms with Crippen LogP contribution in [0.2, 0.25) is 0 Å². The topological polar surface area (TPSA) is 140 Å². The Hall–Kier alpha value is -1.49. The molecule has 10 heteroatoms. The number of carboxylic acid groups (broad SMARTS) is 1. The van der Waals surface area contributed by atoms with Crippen LogP contribution in [0.3, 0.4) is 0 Å². The number of hydrogen-bond acceptors (Lipinski definition) is 6. The van der Waals surface area contributed by atoms with Gasteiger partial charge in [-0.2, -0.15) is 0 Å². The van der Waals surface area contributed by atoms with Crippen molar-refractivity contribution in [3.8, 4) is 0 Å². The summed E-state index contributed by atoms with van der Waals surface area (Å²) in [6.45, 7) is -0.948. The van der Waals surface area contributed by atoms with E-state index in [4.69, 9.17) is 14.9 Å². The first-order chi connectivity index (χ1) is 9.32. The Kier molecular flexibility index (Phi) is 3.82. The molecule has 2 saturated heterocycles. The summed E-state index contributed by atoms with van der Waals surface area (Å²) in [4.78, 5) is 23.5. The molecule has 0 radical (unpaired) electrons. The molecule has 0 aromatic heterocycles. The Bertz CT molecular complexity index is 422. The highest BCUT2D eigenvalue weighted by molar-refractivity contribution is 5.82. The standard InChI is InChI=1S/C10H15FN2O7/c11-10(8(17)18)6(16)4(3-14)20-7(10)13-2-1-5(15)12-9(13)19/h4-7,14-16H,1-3H2,(H,12,19)(H,17,18)/t4-,5?,6-,7-,10-/m1/s1. The quantitative estimate of drug-likeness (QED) is 0.390. The van der Waals surface area contributed by atoms with Crippen molar-refractivity contribution in [3.05, 3.63) is 0 Å². The number of amides is 2. The number of aliphatic carboxylic acids is 1. The lowest BCUT2D eigenvalue weighted by Gasteiger charge is -2.37. The van der Waals surface area contributed by atoms with Crippen LogP contribution in [-0.2, 0) is 9.53 Å². The van der Waals surface area contributed by atoms with Crippen molar-refractivity contribution in [2.24, 2.45) is 0 Å². The molecule has 0 spiro atoms. The first kappa shape index (κ1) is 14.9. The van der Waals surface area contributed by atoms with E-state index in [1.165, 1.54) is 0 Å². The van der Waals surface area contributed by atoms with Gasteiger partial charge in [-0.3, -0.25) is 4.90 Å². The average Bonchev–Trinajstić information content (AvgIpc) is 2.64. The maximum absolute atomic E-state index is 14.6. The SMILES string of the molecule is O=C1NC(O)CCN1[C@@H]1O[C@H](CO)[C@@H](O)[C@]1(F)C(=O)O. The lowest BCUT2D eigenvalue weighted by atomic mass is 9.95. The van der Waals surface area contributed by atoms with E-state index in [9.17, 15) is 24.2 Å². The van der Waals surface area contributed by atoms with Gasteiger partial charge in [-0.25, -0.2) is 14.0 Å². The van der Waals surface area contributed by atoms with Gasteiger partial charge in [0.1, 0.15) is 18.4 Å². The fourth-order valence-corrected chi connectivity index (χ4v) is 2.32. The molecule has 0 bridgehead atoms. The van der Waals surface area contributed by atoms with Crippen LogP contribution >= 0.6 is 0 Å². The van der Waals surface area contributed by atoms with Crippen LogP contribution in [0.4, 0.5) is 9.18 Å². The number of hydrogen-bond donors (Lipinski definition) is 5. The molecule has 5 atom stereocenters. The number of nitrogens with one attached hydrogen (secondary N) is 1. The molecule has 2 heterocycles. The Balaban J connectivity index is 2.29. The summed E-state index contributed by atoms with van der Waals surface area (Å²) < 4.78 is 19.6. The average molecular weight is 294 g/mol. The van der Waals surface area contributed by atoms with E-state index < -0.39 is 48.9 Å². The van der Waals surface area contributed by atoms with Gasteiger partial charge in [-0.05, 0) is 0 Å². The second kappa shape index (κ2) is 5.13. The van der Waals surface area contributed by atoms with Crippen molar-refractivity contribution in [2.45, 2.75) is 36.8 Å². The number of carboxylic acids is 1. The summed E-state index contributed by atoms with van der Waals surface area (Å²) in [5, 5.41) is 39.0. The van der Waals surface area contributed by atoms with Crippen molar-refractivity contribution in [3.63, 3.8) is 0 Å². The molecule has 114 valence electrons. The van der Waals surface area contributed by atoms with Gasteiger partial charge < -0.3 is 30.5 Å². The largest absolute Gasteiger partial charge is 0.479 e. The molecular weight excluding hydrogens is 279 g/mol. The van der Waals surface area contributed by atoms with Gasteiger partial charge in [0.25, 0.3) is 5.67 Å². The third-order valence-electron chi connectivity index (χ3n) is 3.43. The molecule has 2 aliphatic rings. The number of aliphatic hydroxyl groups excluding tert-OH is 3. The van der Waals surface area contributed by atoms with Crippen LogP contribution in [0.15, 0.2) is 0 Å². The van der Waals surface area contributed by atoms with Crippen LogP contribution in [0.1, 0.15) is 6.42 Å². The van der Waals surface area contributed by atoms with E-state index in [-0.39, 0.29) is 13.0 Å². The number of carbonyl (C=O) groups excluding carboxylic acids is 1. The van der Waals surface area contributed by atoms with E-state index in [0.717, 1.165) is 4.90 Å². The van der Waals surface area contributed by atoms with Crippen LogP contribution in [-0.4, -0.2) is 80.8 Å². The molecule has 0 saturated carbocycles. The number of alkyl halides is 1. The molecule has 2 aliphatic heterocycles. The summed E-state index contributed by atoms with van der Waals surface area (Å²) in [7, 11) is 0. The summed E-state index contributed by atoms with van der Waals surface area (Å²) in [6, 6.07) is -0.914. The van der Waals surface area contributed by atoms with E-state index in [2.05, 4.69) is 5.32 Å². The monoisotopic (exact) mass is 294 g/mol. The van der Waals surface area contributed by atoms with Crippen LogP contribution in [0.25, 0.3) is 0 Å². The van der Waals surface area contributed by atoms with Crippen molar-refractivity contribution in [1.82, 2.24) is 10.2 Å². The zero-order valence-corrected chi connectivity index (χ0v) is 10.3. The number of aliphatic hydroxyl groups is 3. The van der Waals surface area contributed by atoms with Crippen LogP contribution < -0.4 is 5.32 Å². The number of halogens is 1. The van der Waals surface area contributed by atoms with Crippen molar-refractivity contribution in [2.75, 3.05) is 13.2 Å². The van der Waals surface area contributed by atoms with E-state index >= 15 is 0 Å². The molecule has 2 fully saturated rings. The van der Waals surface area contributed by atoms with Gasteiger partial charge in [0.15, 0.2) is 6.23 Å². The molecule has 2 amide bonds. The van der Waals surface area contributed by atoms with Gasteiger partial charge in [0.2, 0.25) is 0 Å².